The second kappa shape index (κ2) is 4.64. The zero-order valence-corrected chi connectivity index (χ0v) is 7.50. The van der Waals surface area contributed by atoms with Gasteiger partial charge in [-0.1, -0.05) is 20.8 Å². The lowest BCUT2D eigenvalue weighted by Gasteiger charge is -2.04. The minimum absolute atomic E-state index is 0.178. The lowest BCUT2D eigenvalue weighted by Crippen LogP contribution is -2.05. The number of rotatable bonds is 4. The van der Waals surface area contributed by atoms with Gasteiger partial charge in [-0.05, 0) is 5.18 Å². The van der Waals surface area contributed by atoms with Gasteiger partial charge in [0.25, 0.3) is 0 Å². The first kappa shape index (κ1) is 10.8. The highest BCUT2D eigenvalue weighted by molar-refractivity contribution is 5.95. The lowest BCUT2D eigenvalue weighted by molar-refractivity contribution is -0.115. The Morgan fingerprint density at radius 1 is 1.50 bits per heavy atom. The fraction of sp³-hybridized carbons (Fsp3) is 0.625. The van der Waals surface area contributed by atoms with Crippen LogP contribution in [-0.4, -0.2) is 10.9 Å². The van der Waals surface area contributed by atoms with Crippen LogP contribution in [0.5, 0.6) is 0 Å². The Labute approximate surface area is 71.3 Å². The van der Waals surface area contributed by atoms with Crippen molar-refractivity contribution in [3.05, 3.63) is 16.4 Å². The molecule has 0 aliphatic heterocycles. The summed E-state index contributed by atoms with van der Waals surface area (Å²) in [5.74, 6) is -0.888. The van der Waals surface area contributed by atoms with Crippen molar-refractivity contribution in [2.75, 3.05) is 0 Å². The molecule has 0 aromatic rings. The van der Waals surface area contributed by atoms with Gasteiger partial charge in [0.1, 0.15) is 5.76 Å². The molecule has 1 N–H and O–H groups in total. The fourth-order valence-corrected chi connectivity index (χ4v) is 0.681. The Morgan fingerprint density at radius 2 is 2.00 bits per heavy atom. The maximum absolute atomic E-state index is 11.0. The highest BCUT2D eigenvalue weighted by atomic mass is 16.3. The van der Waals surface area contributed by atoms with Crippen molar-refractivity contribution >= 4 is 5.78 Å². The number of allylic oxidation sites excluding steroid dienone is 2. The standard InChI is InChI=1S/C8H13NO3/c1-4-6(10)7(9-12)8(11)5(2)3/h5,11H,4H2,1-3H3. The molecular weight excluding hydrogens is 158 g/mol. The molecule has 4 nitrogen and oxygen atoms in total. The van der Waals surface area contributed by atoms with Gasteiger partial charge in [0.05, 0.1) is 0 Å². The number of ketones is 1. The maximum atomic E-state index is 11.0. The van der Waals surface area contributed by atoms with Crippen LogP contribution in [0.4, 0.5) is 0 Å². The van der Waals surface area contributed by atoms with Gasteiger partial charge in [-0.15, -0.1) is 4.91 Å². The van der Waals surface area contributed by atoms with E-state index in [1.807, 2.05) is 0 Å². The monoisotopic (exact) mass is 171 g/mol. The Kier molecular flexibility index (Phi) is 4.18. The third kappa shape index (κ3) is 2.45. The van der Waals surface area contributed by atoms with Crippen molar-refractivity contribution in [2.24, 2.45) is 11.1 Å². The van der Waals surface area contributed by atoms with Gasteiger partial charge < -0.3 is 5.11 Å². The molecule has 0 aliphatic carbocycles. The largest absolute Gasteiger partial charge is 0.510 e. The lowest BCUT2D eigenvalue weighted by atomic mass is 10.1. The van der Waals surface area contributed by atoms with Crippen LogP contribution < -0.4 is 0 Å². The second-order valence-electron chi connectivity index (χ2n) is 2.76. The third-order valence-corrected chi connectivity index (χ3v) is 1.47. The molecule has 0 saturated heterocycles. The van der Waals surface area contributed by atoms with Crippen molar-refractivity contribution in [3.63, 3.8) is 0 Å². The van der Waals surface area contributed by atoms with Crippen LogP contribution in [0.3, 0.4) is 0 Å². The molecule has 0 rings (SSSR count). The Balaban J connectivity index is 4.85. The van der Waals surface area contributed by atoms with Gasteiger partial charge in [0, 0.05) is 12.3 Å². The second-order valence-corrected chi connectivity index (χ2v) is 2.76. The Hall–Kier alpha value is -1.19. The van der Waals surface area contributed by atoms with E-state index in [0.717, 1.165) is 0 Å². The van der Waals surface area contributed by atoms with E-state index in [0.29, 0.717) is 0 Å². The molecule has 0 radical (unpaired) electrons. The molecule has 68 valence electrons. The van der Waals surface area contributed by atoms with E-state index in [9.17, 15) is 14.8 Å². The van der Waals surface area contributed by atoms with E-state index in [1.165, 1.54) is 0 Å². The summed E-state index contributed by atoms with van der Waals surface area (Å²) in [6.07, 6.45) is 0.178. The molecule has 0 aromatic heterocycles. The topological polar surface area (TPSA) is 66.7 Å². The van der Waals surface area contributed by atoms with Crippen molar-refractivity contribution in [3.8, 4) is 0 Å². The fourth-order valence-electron chi connectivity index (χ4n) is 0.681. The minimum Gasteiger partial charge on any atom is -0.510 e. The Morgan fingerprint density at radius 3 is 2.25 bits per heavy atom. The van der Waals surface area contributed by atoms with Crippen LogP contribution >= 0.6 is 0 Å². The van der Waals surface area contributed by atoms with Gasteiger partial charge in [0.15, 0.2) is 11.5 Å². The quantitative estimate of drug-likeness (QED) is 0.400. The average molecular weight is 171 g/mol. The molecule has 0 unspecified atom stereocenters. The third-order valence-electron chi connectivity index (χ3n) is 1.47. The van der Waals surface area contributed by atoms with Gasteiger partial charge in [-0.25, -0.2) is 0 Å². The summed E-state index contributed by atoms with van der Waals surface area (Å²) in [4.78, 5) is 21.1. The highest BCUT2D eigenvalue weighted by Gasteiger charge is 2.16. The van der Waals surface area contributed by atoms with Crippen LogP contribution in [0.2, 0.25) is 0 Å². The van der Waals surface area contributed by atoms with Crippen LogP contribution in [0, 0.1) is 10.8 Å². The summed E-state index contributed by atoms with van der Waals surface area (Å²) < 4.78 is 0. The molecule has 0 aromatic carbocycles. The van der Waals surface area contributed by atoms with Crippen molar-refractivity contribution in [1.82, 2.24) is 0 Å². The van der Waals surface area contributed by atoms with Gasteiger partial charge in [-0.3, -0.25) is 4.79 Å². The molecule has 0 fully saturated rings. The van der Waals surface area contributed by atoms with E-state index in [2.05, 4.69) is 5.18 Å². The predicted molar refractivity (Wildman–Crippen MR) is 45.6 cm³/mol. The number of hydrogen-bond acceptors (Lipinski definition) is 4. The Bertz CT molecular complexity index is 218. The molecule has 0 bridgehead atoms. The summed E-state index contributed by atoms with van der Waals surface area (Å²) in [5.41, 5.74) is -0.340. The first-order chi connectivity index (χ1) is 5.54. The molecule has 0 heterocycles. The summed E-state index contributed by atoms with van der Waals surface area (Å²) in [5, 5.41) is 11.8. The van der Waals surface area contributed by atoms with Crippen LogP contribution in [-0.2, 0) is 4.79 Å². The summed E-state index contributed by atoms with van der Waals surface area (Å²) in [6, 6.07) is 0. The number of carbonyl (C=O) groups excluding carboxylic acids is 1. The maximum Gasteiger partial charge on any atom is 0.188 e. The van der Waals surface area contributed by atoms with Crippen LogP contribution in [0.25, 0.3) is 0 Å². The number of hydrogen-bond donors (Lipinski definition) is 1. The number of Topliss-reactive ketones (excluding diaryl/α,β-unsaturated/α-hetero) is 1. The number of aliphatic hydroxyl groups is 1. The van der Waals surface area contributed by atoms with E-state index >= 15 is 0 Å². The first-order valence-electron chi connectivity index (χ1n) is 3.84. The average Bonchev–Trinajstić information content (AvgIpc) is 2.05. The summed E-state index contributed by atoms with van der Waals surface area (Å²) in [6.45, 7) is 4.98. The number of nitroso groups, excluding NO2 is 1. The summed E-state index contributed by atoms with van der Waals surface area (Å²) in [7, 11) is 0. The van der Waals surface area contributed by atoms with Crippen LogP contribution in [0.15, 0.2) is 16.6 Å². The highest BCUT2D eigenvalue weighted by Crippen LogP contribution is 2.14. The normalized spacial score (nSPS) is 12.7. The molecule has 0 saturated carbocycles. The van der Waals surface area contributed by atoms with E-state index < -0.39 is 5.78 Å². The number of carbonyl (C=O) groups is 1. The van der Waals surface area contributed by atoms with E-state index in [4.69, 9.17) is 0 Å². The van der Waals surface area contributed by atoms with Crippen LogP contribution in [0.1, 0.15) is 27.2 Å². The van der Waals surface area contributed by atoms with E-state index in [-0.39, 0.29) is 23.8 Å². The molecule has 0 spiro atoms. The molecule has 0 amide bonds. The molecule has 0 atom stereocenters. The van der Waals surface area contributed by atoms with Crippen molar-refractivity contribution in [2.45, 2.75) is 27.2 Å². The summed E-state index contributed by atoms with van der Waals surface area (Å²) >= 11 is 0. The smallest absolute Gasteiger partial charge is 0.188 e. The molecule has 4 heteroatoms. The number of aliphatic hydroxyl groups excluding tert-OH is 1. The minimum atomic E-state index is -0.420. The van der Waals surface area contributed by atoms with Gasteiger partial charge in [-0.2, -0.15) is 0 Å². The van der Waals surface area contributed by atoms with Crippen molar-refractivity contribution in [1.29, 1.82) is 0 Å². The number of nitrogens with zero attached hydrogens (tertiary/aromatic N) is 1. The van der Waals surface area contributed by atoms with Gasteiger partial charge >= 0.3 is 0 Å². The zero-order chi connectivity index (χ0) is 9.72. The SMILES string of the molecule is CCC(=O)C(N=O)=C(O)C(C)C. The van der Waals surface area contributed by atoms with Gasteiger partial charge in [0.2, 0.25) is 0 Å². The molecule has 0 aliphatic rings. The van der Waals surface area contributed by atoms with Crippen molar-refractivity contribution < 1.29 is 9.90 Å². The molecule has 12 heavy (non-hydrogen) atoms. The zero-order valence-electron chi connectivity index (χ0n) is 7.50. The first-order valence-corrected chi connectivity index (χ1v) is 3.84. The predicted octanol–water partition coefficient (Wildman–Crippen LogP) is 2.16. The van der Waals surface area contributed by atoms with E-state index in [1.54, 1.807) is 20.8 Å². The molecular formula is C8H13NO3.